The predicted octanol–water partition coefficient (Wildman–Crippen LogP) is 5.06. The molecule has 0 unspecified atom stereocenters. The molecule has 0 aliphatic carbocycles. The summed E-state index contributed by atoms with van der Waals surface area (Å²) in [6, 6.07) is 17.2. The van der Waals surface area contributed by atoms with Crippen LogP contribution in [0.2, 0.25) is 0 Å². The quantitative estimate of drug-likeness (QED) is 0.561. The first kappa shape index (κ1) is 16.1. The average molecular weight is 347 g/mol. The van der Waals surface area contributed by atoms with Crippen molar-refractivity contribution in [3.63, 3.8) is 0 Å². The van der Waals surface area contributed by atoms with Crippen molar-refractivity contribution in [2.45, 2.75) is 26.8 Å². The highest BCUT2D eigenvalue weighted by Crippen LogP contribution is 2.33. The molecule has 4 rings (SSSR count). The number of aryl methyl sites for hydroxylation is 2. The molecule has 25 heavy (non-hydrogen) atoms. The first-order valence-corrected chi connectivity index (χ1v) is 9.44. The summed E-state index contributed by atoms with van der Waals surface area (Å²) in [7, 11) is 0. The van der Waals surface area contributed by atoms with Crippen molar-refractivity contribution in [1.82, 2.24) is 9.38 Å². The largest absolute Gasteiger partial charge is 0.325 e. The van der Waals surface area contributed by atoms with E-state index in [9.17, 15) is 0 Å². The minimum absolute atomic E-state index is 0.459. The Kier molecular flexibility index (Phi) is 4.15. The van der Waals surface area contributed by atoms with Gasteiger partial charge in [0.1, 0.15) is 0 Å². The number of imidazole rings is 1. The maximum atomic E-state index is 6.12. The van der Waals surface area contributed by atoms with Crippen LogP contribution < -0.4 is 5.73 Å². The van der Waals surface area contributed by atoms with Gasteiger partial charge in [-0.05, 0) is 24.5 Å². The lowest BCUT2D eigenvalue weighted by Crippen LogP contribution is -2.03. The van der Waals surface area contributed by atoms with E-state index in [-0.39, 0.29) is 0 Å². The number of nitrogens with zero attached hydrogens (tertiary/aromatic N) is 2. The van der Waals surface area contributed by atoms with E-state index in [0.29, 0.717) is 6.54 Å². The second-order valence-corrected chi connectivity index (χ2v) is 7.10. The molecule has 0 atom stereocenters. The molecule has 0 fully saturated rings. The first-order chi connectivity index (χ1) is 12.2. The van der Waals surface area contributed by atoms with Gasteiger partial charge in [-0.15, -0.1) is 11.3 Å². The van der Waals surface area contributed by atoms with Crippen molar-refractivity contribution in [2.75, 3.05) is 0 Å². The number of hydrogen-bond donors (Lipinski definition) is 1. The molecule has 0 amide bonds. The van der Waals surface area contributed by atoms with Crippen molar-refractivity contribution in [3.05, 3.63) is 70.7 Å². The summed E-state index contributed by atoms with van der Waals surface area (Å²) in [4.78, 5) is 5.86. The van der Waals surface area contributed by atoms with Crippen LogP contribution in [-0.2, 0) is 13.0 Å². The Bertz CT molecular complexity index is 1010. The molecule has 0 saturated heterocycles. The minimum Gasteiger partial charge on any atom is -0.325 e. The van der Waals surface area contributed by atoms with Crippen molar-refractivity contribution in [3.8, 4) is 22.5 Å². The van der Waals surface area contributed by atoms with Crippen LogP contribution in [0.1, 0.15) is 23.7 Å². The zero-order valence-corrected chi connectivity index (χ0v) is 15.3. The van der Waals surface area contributed by atoms with Crippen LogP contribution >= 0.6 is 11.3 Å². The fraction of sp³-hybridized carbons (Fsp3) is 0.190. The summed E-state index contributed by atoms with van der Waals surface area (Å²) in [5.74, 6) is 0. The van der Waals surface area contributed by atoms with Crippen LogP contribution in [0.3, 0.4) is 0 Å². The highest BCUT2D eigenvalue weighted by molar-refractivity contribution is 7.15. The molecule has 0 aliphatic rings. The number of hydrogen-bond acceptors (Lipinski definition) is 3. The van der Waals surface area contributed by atoms with Crippen LogP contribution in [0, 0.1) is 6.92 Å². The van der Waals surface area contributed by atoms with Gasteiger partial charge >= 0.3 is 0 Å². The van der Waals surface area contributed by atoms with Crippen LogP contribution in [0.4, 0.5) is 0 Å². The Balaban J connectivity index is 1.88. The molecule has 0 spiro atoms. The molecule has 126 valence electrons. The minimum atomic E-state index is 0.459. The van der Waals surface area contributed by atoms with Gasteiger partial charge in [0.15, 0.2) is 4.96 Å². The van der Waals surface area contributed by atoms with E-state index in [2.05, 4.69) is 72.2 Å². The van der Waals surface area contributed by atoms with Crippen LogP contribution in [0.15, 0.2) is 53.9 Å². The number of nitrogens with two attached hydrogens (primary N) is 1. The molecule has 0 aliphatic heterocycles. The Morgan fingerprint density at radius 2 is 1.68 bits per heavy atom. The Morgan fingerprint density at radius 3 is 2.32 bits per heavy atom. The smallest absolute Gasteiger partial charge is 0.195 e. The molecule has 4 heteroatoms. The predicted molar refractivity (Wildman–Crippen MR) is 106 cm³/mol. The molecule has 0 radical (unpaired) electrons. The van der Waals surface area contributed by atoms with Gasteiger partial charge < -0.3 is 5.73 Å². The lowest BCUT2D eigenvalue weighted by atomic mass is 10.1. The zero-order chi connectivity index (χ0) is 17.4. The Hall–Kier alpha value is -2.43. The molecular weight excluding hydrogens is 326 g/mol. The van der Waals surface area contributed by atoms with Crippen LogP contribution in [-0.4, -0.2) is 9.38 Å². The normalized spacial score (nSPS) is 11.3. The zero-order valence-electron chi connectivity index (χ0n) is 14.5. The Labute approximate surface area is 151 Å². The summed E-state index contributed by atoms with van der Waals surface area (Å²) >= 11 is 1.66. The third kappa shape index (κ3) is 2.77. The Morgan fingerprint density at radius 1 is 1.00 bits per heavy atom. The summed E-state index contributed by atoms with van der Waals surface area (Å²) in [5.41, 5.74) is 14.2. The standard InChI is InChI=1S/C21H21N3S/c1-3-15-6-10-16(11-7-15)19-13-25-21-23-20(18(12-22)24(19)21)17-8-4-14(2)5-9-17/h4-11,13H,3,12,22H2,1-2H3. The SMILES string of the molecule is CCc1ccc(-c2csc3nc(-c4ccc(C)cc4)c(CN)n23)cc1. The van der Waals surface area contributed by atoms with Crippen molar-refractivity contribution in [1.29, 1.82) is 0 Å². The maximum Gasteiger partial charge on any atom is 0.195 e. The molecule has 0 bridgehead atoms. The third-order valence-electron chi connectivity index (χ3n) is 4.64. The number of fused-ring (bicyclic) bond motifs is 1. The molecule has 0 saturated carbocycles. The molecule has 2 N–H and O–H groups in total. The van der Waals surface area contributed by atoms with Crippen LogP contribution in [0.25, 0.3) is 27.5 Å². The number of rotatable bonds is 4. The highest BCUT2D eigenvalue weighted by Gasteiger charge is 2.17. The first-order valence-electron chi connectivity index (χ1n) is 8.56. The summed E-state index contributed by atoms with van der Waals surface area (Å²) in [5, 5.41) is 2.17. The van der Waals surface area contributed by atoms with Gasteiger partial charge in [0.25, 0.3) is 0 Å². The highest BCUT2D eigenvalue weighted by atomic mass is 32.1. The van der Waals surface area contributed by atoms with Gasteiger partial charge in [-0.3, -0.25) is 4.40 Å². The fourth-order valence-corrected chi connectivity index (χ4v) is 4.08. The van der Waals surface area contributed by atoms with Gasteiger partial charge in [0.05, 0.1) is 17.1 Å². The number of aromatic nitrogens is 2. The van der Waals surface area contributed by atoms with Gasteiger partial charge in [-0.2, -0.15) is 0 Å². The molecule has 2 aromatic heterocycles. The van der Waals surface area contributed by atoms with Gasteiger partial charge in [0, 0.05) is 17.5 Å². The average Bonchev–Trinajstić information content (AvgIpc) is 3.21. The number of thiazole rings is 1. The van der Waals surface area contributed by atoms with Gasteiger partial charge in [-0.25, -0.2) is 4.98 Å². The van der Waals surface area contributed by atoms with E-state index >= 15 is 0 Å². The molecule has 2 heterocycles. The monoisotopic (exact) mass is 347 g/mol. The summed E-state index contributed by atoms with van der Waals surface area (Å²) in [6.07, 6.45) is 1.05. The third-order valence-corrected chi connectivity index (χ3v) is 5.46. The lowest BCUT2D eigenvalue weighted by molar-refractivity contribution is 0.973. The van der Waals surface area contributed by atoms with Crippen LogP contribution in [0.5, 0.6) is 0 Å². The van der Waals surface area contributed by atoms with E-state index in [1.165, 1.54) is 16.7 Å². The van der Waals surface area contributed by atoms with Crippen molar-refractivity contribution < 1.29 is 0 Å². The van der Waals surface area contributed by atoms with Gasteiger partial charge in [-0.1, -0.05) is 61.0 Å². The van der Waals surface area contributed by atoms with E-state index in [0.717, 1.165) is 34.0 Å². The number of benzene rings is 2. The van der Waals surface area contributed by atoms with Gasteiger partial charge in [0.2, 0.25) is 0 Å². The maximum absolute atomic E-state index is 6.12. The second-order valence-electron chi connectivity index (χ2n) is 6.27. The molecular formula is C21H21N3S. The molecule has 3 nitrogen and oxygen atoms in total. The van der Waals surface area contributed by atoms with E-state index in [4.69, 9.17) is 10.7 Å². The topological polar surface area (TPSA) is 43.3 Å². The molecule has 2 aromatic carbocycles. The fourth-order valence-electron chi connectivity index (χ4n) is 3.16. The lowest BCUT2D eigenvalue weighted by Gasteiger charge is -2.06. The van der Waals surface area contributed by atoms with E-state index in [1.807, 2.05) is 0 Å². The second kappa shape index (κ2) is 6.47. The van der Waals surface area contributed by atoms with Crippen molar-refractivity contribution in [2.24, 2.45) is 5.73 Å². The van der Waals surface area contributed by atoms with E-state index < -0.39 is 0 Å². The van der Waals surface area contributed by atoms with E-state index in [1.54, 1.807) is 11.3 Å². The van der Waals surface area contributed by atoms with Crippen molar-refractivity contribution >= 4 is 16.3 Å². The molecule has 4 aromatic rings. The summed E-state index contributed by atoms with van der Waals surface area (Å²) < 4.78 is 2.21. The summed E-state index contributed by atoms with van der Waals surface area (Å²) in [6.45, 7) is 4.73.